The standard InChI is InChI=1S/C22H27N5O3S2/c1-3-4-13-23-32(29,30)20-12-8-11-19(14-20)24-21(28)16-31-22-26-25-17(2)27(22)15-18-9-6-5-7-10-18/h5-12,14,23H,3-4,13,15-16H2,1-2H3,(H,24,28). The number of nitrogens with zero attached hydrogens (tertiary/aromatic N) is 3. The number of aryl methyl sites for hydroxylation is 1. The summed E-state index contributed by atoms with van der Waals surface area (Å²) in [5.41, 5.74) is 1.54. The van der Waals surface area contributed by atoms with Crippen molar-refractivity contribution in [2.45, 2.75) is 43.3 Å². The Morgan fingerprint density at radius 2 is 1.88 bits per heavy atom. The van der Waals surface area contributed by atoms with Crippen LogP contribution in [0, 0.1) is 6.92 Å². The molecule has 0 aliphatic carbocycles. The third-order valence-electron chi connectivity index (χ3n) is 4.67. The van der Waals surface area contributed by atoms with Crippen LogP contribution < -0.4 is 10.0 Å². The Bertz CT molecular complexity index is 1150. The number of hydrogen-bond donors (Lipinski definition) is 2. The number of carbonyl (C=O) groups is 1. The van der Waals surface area contributed by atoms with E-state index in [1.54, 1.807) is 12.1 Å². The van der Waals surface area contributed by atoms with Crippen molar-refractivity contribution in [2.75, 3.05) is 17.6 Å². The van der Waals surface area contributed by atoms with Crippen LogP contribution in [-0.4, -0.2) is 41.4 Å². The molecule has 2 N–H and O–H groups in total. The second-order valence-corrected chi connectivity index (χ2v) is 9.93. The monoisotopic (exact) mass is 473 g/mol. The first kappa shape index (κ1) is 24.0. The summed E-state index contributed by atoms with van der Waals surface area (Å²) in [7, 11) is -3.61. The highest BCUT2D eigenvalue weighted by molar-refractivity contribution is 7.99. The van der Waals surface area contributed by atoms with Gasteiger partial charge in [0.25, 0.3) is 0 Å². The van der Waals surface area contributed by atoms with Crippen LogP contribution >= 0.6 is 11.8 Å². The third-order valence-corrected chi connectivity index (χ3v) is 7.09. The summed E-state index contributed by atoms with van der Waals surface area (Å²) in [5.74, 6) is 0.638. The van der Waals surface area contributed by atoms with Gasteiger partial charge in [-0.15, -0.1) is 10.2 Å². The van der Waals surface area contributed by atoms with Gasteiger partial charge in [-0.25, -0.2) is 13.1 Å². The van der Waals surface area contributed by atoms with E-state index in [0.29, 0.717) is 23.9 Å². The minimum atomic E-state index is -3.61. The minimum absolute atomic E-state index is 0.122. The van der Waals surface area contributed by atoms with Gasteiger partial charge in [0.05, 0.1) is 17.2 Å². The maximum absolute atomic E-state index is 12.5. The van der Waals surface area contributed by atoms with E-state index in [4.69, 9.17) is 0 Å². The number of aromatic nitrogens is 3. The maximum Gasteiger partial charge on any atom is 0.240 e. The normalized spacial score (nSPS) is 11.4. The molecule has 0 fully saturated rings. The highest BCUT2D eigenvalue weighted by atomic mass is 32.2. The number of hydrogen-bond acceptors (Lipinski definition) is 6. The maximum atomic E-state index is 12.5. The van der Waals surface area contributed by atoms with Gasteiger partial charge in [-0.1, -0.05) is 61.5 Å². The number of benzene rings is 2. The average molecular weight is 474 g/mol. The van der Waals surface area contributed by atoms with Crippen LogP contribution in [0.15, 0.2) is 64.6 Å². The molecule has 0 saturated carbocycles. The van der Waals surface area contributed by atoms with Gasteiger partial charge in [0.2, 0.25) is 15.9 Å². The van der Waals surface area contributed by atoms with E-state index < -0.39 is 10.0 Å². The van der Waals surface area contributed by atoms with Crippen molar-refractivity contribution in [3.63, 3.8) is 0 Å². The van der Waals surface area contributed by atoms with Gasteiger partial charge in [0.1, 0.15) is 5.82 Å². The molecule has 1 aromatic heterocycles. The van der Waals surface area contributed by atoms with E-state index in [1.165, 1.54) is 23.9 Å². The summed E-state index contributed by atoms with van der Waals surface area (Å²) < 4.78 is 29.3. The van der Waals surface area contributed by atoms with Crippen molar-refractivity contribution in [3.8, 4) is 0 Å². The van der Waals surface area contributed by atoms with E-state index in [-0.39, 0.29) is 16.6 Å². The number of carbonyl (C=O) groups excluding carboxylic acids is 1. The average Bonchev–Trinajstić information content (AvgIpc) is 3.12. The molecule has 3 rings (SSSR count). The van der Waals surface area contributed by atoms with Crippen LogP contribution in [0.2, 0.25) is 0 Å². The van der Waals surface area contributed by atoms with Crippen LogP contribution in [0.25, 0.3) is 0 Å². The number of rotatable bonds is 11. The smallest absolute Gasteiger partial charge is 0.240 e. The van der Waals surface area contributed by atoms with Crippen LogP contribution in [0.3, 0.4) is 0 Å². The third kappa shape index (κ3) is 6.65. The molecule has 0 saturated heterocycles. The van der Waals surface area contributed by atoms with E-state index >= 15 is 0 Å². The fourth-order valence-electron chi connectivity index (χ4n) is 2.95. The highest BCUT2D eigenvalue weighted by Gasteiger charge is 2.15. The molecule has 1 heterocycles. The number of nitrogens with one attached hydrogen (secondary N) is 2. The summed E-state index contributed by atoms with van der Waals surface area (Å²) in [6.45, 7) is 4.87. The Labute approximate surface area is 192 Å². The van der Waals surface area contributed by atoms with Crippen LogP contribution in [0.5, 0.6) is 0 Å². The number of amides is 1. The van der Waals surface area contributed by atoms with Gasteiger partial charge in [0, 0.05) is 12.2 Å². The fourth-order valence-corrected chi connectivity index (χ4v) is 4.85. The Morgan fingerprint density at radius 3 is 2.62 bits per heavy atom. The molecule has 10 heteroatoms. The molecule has 0 bridgehead atoms. The van der Waals surface area contributed by atoms with E-state index in [9.17, 15) is 13.2 Å². The molecule has 8 nitrogen and oxygen atoms in total. The van der Waals surface area contributed by atoms with Crippen LogP contribution in [-0.2, 0) is 21.4 Å². The number of anilines is 1. The lowest BCUT2D eigenvalue weighted by molar-refractivity contribution is -0.113. The Hall–Kier alpha value is -2.69. The van der Waals surface area contributed by atoms with Gasteiger partial charge < -0.3 is 9.88 Å². The molecule has 32 heavy (non-hydrogen) atoms. The molecule has 0 unspecified atom stereocenters. The first-order valence-corrected chi connectivity index (χ1v) is 12.8. The summed E-state index contributed by atoms with van der Waals surface area (Å²) in [6, 6.07) is 16.2. The quantitative estimate of drug-likeness (QED) is 0.326. The molecule has 1 amide bonds. The van der Waals surface area contributed by atoms with E-state index in [0.717, 1.165) is 24.2 Å². The molecule has 2 aromatic carbocycles. The summed E-state index contributed by atoms with van der Waals surface area (Å²) in [5, 5.41) is 11.7. The lowest BCUT2D eigenvalue weighted by Crippen LogP contribution is -2.25. The molecule has 0 radical (unpaired) electrons. The fraction of sp³-hybridized carbons (Fsp3) is 0.318. The first-order chi connectivity index (χ1) is 15.4. The number of unbranched alkanes of at least 4 members (excludes halogenated alkanes) is 1. The summed E-state index contributed by atoms with van der Waals surface area (Å²) in [4.78, 5) is 12.6. The van der Waals surface area contributed by atoms with Crippen molar-refractivity contribution >= 4 is 33.4 Å². The Balaban J connectivity index is 1.60. The van der Waals surface area contributed by atoms with Crippen molar-refractivity contribution in [1.82, 2.24) is 19.5 Å². The molecule has 170 valence electrons. The van der Waals surface area contributed by atoms with Crippen LogP contribution in [0.4, 0.5) is 5.69 Å². The van der Waals surface area contributed by atoms with Gasteiger partial charge >= 0.3 is 0 Å². The minimum Gasteiger partial charge on any atom is -0.325 e. The molecular formula is C22H27N5O3S2. The van der Waals surface area contributed by atoms with Crippen molar-refractivity contribution in [2.24, 2.45) is 0 Å². The van der Waals surface area contributed by atoms with Crippen molar-refractivity contribution in [3.05, 3.63) is 66.0 Å². The topological polar surface area (TPSA) is 106 Å². The first-order valence-electron chi connectivity index (χ1n) is 10.3. The van der Waals surface area contributed by atoms with Crippen molar-refractivity contribution in [1.29, 1.82) is 0 Å². The molecule has 3 aromatic rings. The second kappa shape index (κ2) is 11.3. The van der Waals surface area contributed by atoms with Gasteiger partial charge in [-0.2, -0.15) is 0 Å². The number of sulfonamides is 1. The zero-order valence-electron chi connectivity index (χ0n) is 18.1. The summed E-state index contributed by atoms with van der Waals surface area (Å²) >= 11 is 1.28. The van der Waals surface area contributed by atoms with Gasteiger partial charge in [-0.05, 0) is 37.1 Å². The van der Waals surface area contributed by atoms with Gasteiger partial charge in [-0.3, -0.25) is 4.79 Å². The molecule has 0 atom stereocenters. The summed E-state index contributed by atoms with van der Waals surface area (Å²) in [6.07, 6.45) is 1.66. The SMILES string of the molecule is CCCCNS(=O)(=O)c1cccc(NC(=O)CSc2nnc(C)n2Cc2ccccc2)c1. The van der Waals surface area contributed by atoms with Crippen molar-refractivity contribution < 1.29 is 13.2 Å². The predicted molar refractivity (Wildman–Crippen MR) is 126 cm³/mol. The molecule has 0 aliphatic heterocycles. The Morgan fingerprint density at radius 1 is 1.09 bits per heavy atom. The zero-order chi connectivity index (χ0) is 23.0. The highest BCUT2D eigenvalue weighted by Crippen LogP contribution is 2.20. The molecular weight excluding hydrogens is 446 g/mol. The lowest BCUT2D eigenvalue weighted by Gasteiger charge is -2.10. The van der Waals surface area contributed by atoms with Crippen LogP contribution in [0.1, 0.15) is 31.2 Å². The Kier molecular flexibility index (Phi) is 8.43. The molecule has 0 spiro atoms. The van der Waals surface area contributed by atoms with E-state index in [1.807, 2.05) is 48.7 Å². The largest absolute Gasteiger partial charge is 0.325 e. The molecule has 0 aliphatic rings. The number of thioether (sulfide) groups is 1. The zero-order valence-corrected chi connectivity index (χ0v) is 19.7. The van der Waals surface area contributed by atoms with E-state index in [2.05, 4.69) is 20.2 Å². The lowest BCUT2D eigenvalue weighted by atomic mass is 10.2. The second-order valence-electron chi connectivity index (χ2n) is 7.22. The predicted octanol–water partition coefficient (Wildman–Crippen LogP) is 3.44. The van der Waals surface area contributed by atoms with Gasteiger partial charge in [0.15, 0.2) is 5.16 Å².